The van der Waals surface area contributed by atoms with E-state index in [0.717, 1.165) is 33.4 Å². The van der Waals surface area contributed by atoms with E-state index in [9.17, 15) is 29.3 Å². The highest BCUT2D eigenvalue weighted by Gasteiger charge is 2.30. The van der Waals surface area contributed by atoms with Crippen LogP contribution < -0.4 is 20.9 Å². The Morgan fingerprint density at radius 2 is 1.43 bits per heavy atom. The predicted octanol–water partition coefficient (Wildman–Crippen LogP) is 7.52. The minimum Gasteiger partial charge on any atom is -0.449 e. The smallest absolute Gasteiger partial charge is 0.407 e. The quantitative estimate of drug-likeness (QED) is 0.0642. The van der Waals surface area contributed by atoms with E-state index < -0.39 is 29.2 Å². The van der Waals surface area contributed by atoms with Gasteiger partial charge in [-0.15, -0.1) is 0 Å². The zero-order valence-corrected chi connectivity index (χ0v) is 29.8. The molecular weight excluding hydrogens is 715 g/mol. The average molecular weight is 748 g/mol. The van der Waals surface area contributed by atoms with Crippen LogP contribution >= 0.6 is 0 Å². The summed E-state index contributed by atoms with van der Waals surface area (Å²) < 4.78 is 5.62. The molecule has 14 nitrogen and oxygen atoms in total. The number of benzene rings is 5. The summed E-state index contributed by atoms with van der Waals surface area (Å²) in [6, 6.07) is 36.9. The molecule has 1 aliphatic rings. The molecule has 14 heteroatoms. The van der Waals surface area contributed by atoms with Gasteiger partial charge < -0.3 is 20.7 Å². The number of amides is 3. The summed E-state index contributed by atoms with van der Waals surface area (Å²) in [7, 11) is 0. The highest BCUT2D eigenvalue weighted by atomic mass is 16.6. The van der Waals surface area contributed by atoms with Gasteiger partial charge in [0.15, 0.2) is 5.78 Å². The lowest BCUT2D eigenvalue weighted by atomic mass is 9.98. The van der Waals surface area contributed by atoms with Gasteiger partial charge in [0, 0.05) is 29.7 Å². The third-order valence-corrected chi connectivity index (χ3v) is 9.04. The zero-order valence-electron chi connectivity index (χ0n) is 29.8. The van der Waals surface area contributed by atoms with Crippen molar-refractivity contribution in [3.63, 3.8) is 0 Å². The molecule has 7 rings (SSSR count). The van der Waals surface area contributed by atoms with Crippen LogP contribution in [0.15, 0.2) is 134 Å². The van der Waals surface area contributed by atoms with Crippen molar-refractivity contribution in [3.05, 3.63) is 166 Å². The summed E-state index contributed by atoms with van der Waals surface area (Å²) in [6.07, 6.45) is 0.102. The van der Waals surface area contributed by atoms with Crippen molar-refractivity contribution in [1.82, 2.24) is 15.3 Å². The van der Waals surface area contributed by atoms with Crippen LogP contribution in [0.3, 0.4) is 0 Å². The van der Waals surface area contributed by atoms with Gasteiger partial charge in [-0.1, -0.05) is 91.0 Å². The zero-order chi connectivity index (χ0) is 39.2. The molecule has 56 heavy (non-hydrogen) atoms. The summed E-state index contributed by atoms with van der Waals surface area (Å²) in [6.45, 7) is 0.808. The SMILES string of the molecule is CC(=O)Nc1ccc(N(C(=O)CNC(=O)OCC2c3ccccc3-c3ccccc32)c2ncc([N+](=O)[O-])c(Nc3ccccc3C(=O)c3ccccc3)n2)cc1. The van der Waals surface area contributed by atoms with E-state index in [0.29, 0.717) is 11.3 Å². The Labute approximate surface area is 320 Å². The summed E-state index contributed by atoms with van der Waals surface area (Å²) >= 11 is 0. The van der Waals surface area contributed by atoms with E-state index in [-0.39, 0.29) is 52.9 Å². The van der Waals surface area contributed by atoms with Crippen LogP contribution in [0, 0.1) is 10.1 Å². The number of hydrogen-bond acceptors (Lipinski definition) is 10. The standard InChI is InChI=1S/C42H33N7O7/c1-26(50)45-28-19-21-29(22-20-28)48(38(51)24-44-42(53)56-25-35-32-15-7-5-13-30(32)31-14-6-8-16-33(31)35)41-43-23-37(49(54)55)40(47-41)46-36-18-10-9-17-34(36)39(52)27-11-3-2-4-12-27/h2-23,35H,24-25H2,1H3,(H,44,53)(H,45,50)(H,43,46,47). The second-order valence-electron chi connectivity index (χ2n) is 12.7. The minimum atomic E-state index is -0.840. The van der Waals surface area contributed by atoms with E-state index in [1.807, 2.05) is 48.5 Å². The average Bonchev–Trinajstić information content (AvgIpc) is 3.53. The molecule has 0 bridgehead atoms. The number of aromatic nitrogens is 2. The molecule has 0 spiro atoms. The van der Waals surface area contributed by atoms with Crippen LogP contribution in [-0.4, -0.2) is 51.7 Å². The largest absolute Gasteiger partial charge is 0.449 e. The highest BCUT2D eigenvalue weighted by Crippen LogP contribution is 2.44. The van der Waals surface area contributed by atoms with E-state index in [1.165, 1.54) is 19.1 Å². The molecule has 1 heterocycles. The summed E-state index contributed by atoms with van der Waals surface area (Å²) in [5.74, 6) is -2.14. The molecule has 0 radical (unpaired) electrons. The van der Waals surface area contributed by atoms with Gasteiger partial charge in [0.2, 0.25) is 17.7 Å². The summed E-state index contributed by atoms with van der Waals surface area (Å²) in [5.41, 5.74) is 5.17. The monoisotopic (exact) mass is 747 g/mol. The van der Waals surface area contributed by atoms with Crippen molar-refractivity contribution < 1.29 is 28.8 Å². The fourth-order valence-corrected chi connectivity index (χ4v) is 6.51. The van der Waals surface area contributed by atoms with Crippen molar-refractivity contribution in [2.24, 2.45) is 0 Å². The normalized spacial score (nSPS) is 11.4. The van der Waals surface area contributed by atoms with Crippen LogP contribution in [0.5, 0.6) is 0 Å². The molecule has 5 aromatic carbocycles. The Balaban J connectivity index is 1.15. The first kappa shape index (κ1) is 36.6. The van der Waals surface area contributed by atoms with Crippen LogP contribution in [0.25, 0.3) is 11.1 Å². The number of anilines is 5. The molecule has 0 aliphatic heterocycles. The van der Waals surface area contributed by atoms with Crippen molar-refractivity contribution >= 4 is 58.2 Å². The first-order valence-corrected chi connectivity index (χ1v) is 17.4. The van der Waals surface area contributed by atoms with Gasteiger partial charge in [-0.2, -0.15) is 4.98 Å². The van der Waals surface area contributed by atoms with Crippen LogP contribution in [0.1, 0.15) is 39.9 Å². The molecule has 0 unspecified atom stereocenters. The maximum Gasteiger partial charge on any atom is 0.407 e. The second-order valence-corrected chi connectivity index (χ2v) is 12.7. The molecule has 1 aromatic heterocycles. The van der Waals surface area contributed by atoms with Crippen LogP contribution in [0.4, 0.5) is 39.3 Å². The highest BCUT2D eigenvalue weighted by molar-refractivity contribution is 6.12. The maximum absolute atomic E-state index is 14.0. The Bertz CT molecular complexity index is 2430. The Kier molecular flexibility index (Phi) is 10.5. The Hall–Kier alpha value is -7.74. The van der Waals surface area contributed by atoms with Gasteiger partial charge in [0.1, 0.15) is 19.3 Å². The van der Waals surface area contributed by atoms with Gasteiger partial charge in [-0.05, 0) is 58.7 Å². The van der Waals surface area contributed by atoms with Crippen molar-refractivity contribution in [2.75, 3.05) is 28.7 Å². The number of nitro groups is 1. The fourth-order valence-electron chi connectivity index (χ4n) is 6.51. The first-order valence-electron chi connectivity index (χ1n) is 17.4. The number of rotatable bonds is 12. The number of hydrogen-bond donors (Lipinski definition) is 3. The lowest BCUT2D eigenvalue weighted by molar-refractivity contribution is -0.384. The summed E-state index contributed by atoms with van der Waals surface area (Å²) in [5, 5.41) is 20.2. The van der Waals surface area contributed by atoms with E-state index in [4.69, 9.17) is 4.74 Å². The number of nitrogens with zero attached hydrogens (tertiary/aromatic N) is 4. The van der Waals surface area contributed by atoms with Crippen molar-refractivity contribution in [3.8, 4) is 11.1 Å². The number of ketones is 1. The number of carbonyl (C=O) groups is 4. The third kappa shape index (κ3) is 7.79. The van der Waals surface area contributed by atoms with Crippen LogP contribution in [0.2, 0.25) is 0 Å². The molecule has 278 valence electrons. The molecule has 0 saturated heterocycles. The van der Waals surface area contributed by atoms with Crippen molar-refractivity contribution in [1.29, 1.82) is 0 Å². The van der Waals surface area contributed by atoms with Gasteiger partial charge >= 0.3 is 11.8 Å². The van der Waals surface area contributed by atoms with Gasteiger partial charge in [-0.25, -0.2) is 14.7 Å². The lowest BCUT2D eigenvalue weighted by Crippen LogP contribution is -2.39. The number of para-hydroxylation sites is 1. The number of ether oxygens (including phenoxy) is 1. The molecule has 0 atom stereocenters. The number of fused-ring (bicyclic) bond motifs is 3. The predicted molar refractivity (Wildman–Crippen MR) is 209 cm³/mol. The molecule has 3 N–H and O–H groups in total. The molecule has 1 aliphatic carbocycles. The molecule has 0 fully saturated rings. The Morgan fingerprint density at radius 3 is 2.09 bits per heavy atom. The van der Waals surface area contributed by atoms with Gasteiger partial charge in [0.05, 0.1) is 16.3 Å². The van der Waals surface area contributed by atoms with E-state index in [2.05, 4.69) is 25.9 Å². The maximum atomic E-state index is 14.0. The van der Waals surface area contributed by atoms with E-state index in [1.54, 1.807) is 66.7 Å². The molecular formula is C42H33N7O7. The van der Waals surface area contributed by atoms with Gasteiger partial charge in [-0.3, -0.25) is 24.5 Å². The second kappa shape index (κ2) is 16.1. The fraction of sp³-hybridized carbons (Fsp3) is 0.0952. The number of alkyl carbamates (subject to hydrolysis) is 1. The third-order valence-electron chi connectivity index (χ3n) is 9.04. The van der Waals surface area contributed by atoms with E-state index >= 15 is 0 Å². The molecule has 3 amide bonds. The molecule has 6 aromatic rings. The van der Waals surface area contributed by atoms with Crippen LogP contribution in [-0.2, 0) is 14.3 Å². The number of nitrogens with one attached hydrogen (secondary N) is 3. The Morgan fingerprint density at radius 1 is 0.804 bits per heavy atom. The van der Waals surface area contributed by atoms with Crippen molar-refractivity contribution in [2.45, 2.75) is 12.8 Å². The number of carbonyl (C=O) groups excluding carboxylic acids is 4. The topological polar surface area (TPSA) is 186 Å². The first-order chi connectivity index (χ1) is 27.2. The summed E-state index contributed by atoms with van der Waals surface area (Å²) in [4.78, 5) is 73.3. The molecule has 0 saturated carbocycles. The lowest BCUT2D eigenvalue weighted by Gasteiger charge is -2.22. The minimum absolute atomic E-state index is 0.0249. The van der Waals surface area contributed by atoms with Gasteiger partial charge in [0.25, 0.3) is 5.91 Å².